The fraction of sp³-hybridized carbons (Fsp3) is 0.478. The monoisotopic (exact) mass is 347 g/mol. The molecule has 0 bridgehead atoms. The Morgan fingerprint density at radius 2 is 1.96 bits per heavy atom. The van der Waals surface area contributed by atoms with Gasteiger partial charge in [-0.15, -0.1) is 0 Å². The number of aromatic nitrogens is 2. The second kappa shape index (κ2) is 8.13. The Balaban J connectivity index is 1.53. The third-order valence-corrected chi connectivity index (χ3v) is 5.78. The fourth-order valence-electron chi connectivity index (χ4n) is 4.28. The molecule has 26 heavy (non-hydrogen) atoms. The predicted molar refractivity (Wildman–Crippen MR) is 109 cm³/mol. The molecule has 0 unspecified atom stereocenters. The van der Waals surface area contributed by atoms with Crippen molar-refractivity contribution in [2.75, 3.05) is 6.54 Å². The largest absolute Gasteiger partial charge is 0.296 e. The maximum Gasteiger partial charge on any atom is 0.0894 e. The van der Waals surface area contributed by atoms with Crippen LogP contribution in [0, 0.1) is 0 Å². The lowest BCUT2D eigenvalue weighted by atomic mass is 9.94. The average molecular weight is 348 g/mol. The van der Waals surface area contributed by atoms with E-state index in [9.17, 15) is 0 Å². The Labute approximate surface area is 156 Å². The first kappa shape index (κ1) is 17.4. The molecule has 0 amide bonds. The van der Waals surface area contributed by atoms with Gasteiger partial charge in [-0.2, -0.15) is 0 Å². The molecule has 0 spiro atoms. The summed E-state index contributed by atoms with van der Waals surface area (Å²) in [6.45, 7) is 4.43. The van der Waals surface area contributed by atoms with Crippen LogP contribution in [0.4, 0.5) is 0 Å². The molecule has 3 nitrogen and oxygen atoms in total. The van der Waals surface area contributed by atoms with E-state index in [1.165, 1.54) is 43.2 Å². The standard InChI is InChI=1S/C23H29N3/c1-2-26(20-11-7-4-8-12-20)17-18-13-14-21-22(15-18)24-16-23(25-21)19-9-5-3-6-10-19/h5,9-10,13-16,20H,2-4,6-8,11-12,17H2,1H3. The normalized spacial score (nSPS) is 18.5. The third kappa shape index (κ3) is 3.88. The van der Waals surface area contributed by atoms with Crippen molar-refractivity contribution in [1.82, 2.24) is 14.9 Å². The van der Waals surface area contributed by atoms with Gasteiger partial charge in [-0.3, -0.25) is 9.88 Å². The zero-order valence-corrected chi connectivity index (χ0v) is 15.8. The van der Waals surface area contributed by atoms with E-state index >= 15 is 0 Å². The number of hydrogen-bond acceptors (Lipinski definition) is 3. The smallest absolute Gasteiger partial charge is 0.0894 e. The minimum Gasteiger partial charge on any atom is -0.296 e. The van der Waals surface area contributed by atoms with Gasteiger partial charge in [-0.1, -0.05) is 50.5 Å². The molecular weight excluding hydrogens is 318 g/mol. The second-order valence-corrected chi connectivity index (χ2v) is 7.57. The van der Waals surface area contributed by atoms with E-state index in [-0.39, 0.29) is 0 Å². The first-order valence-electron chi connectivity index (χ1n) is 10.2. The van der Waals surface area contributed by atoms with Crippen LogP contribution in [-0.4, -0.2) is 27.5 Å². The molecule has 1 aromatic carbocycles. The summed E-state index contributed by atoms with van der Waals surface area (Å²) in [4.78, 5) is 12.2. The summed E-state index contributed by atoms with van der Waals surface area (Å²) in [5, 5.41) is 0. The van der Waals surface area contributed by atoms with Gasteiger partial charge in [-0.25, -0.2) is 4.98 Å². The van der Waals surface area contributed by atoms with Crippen LogP contribution >= 0.6 is 0 Å². The quantitative estimate of drug-likeness (QED) is 0.713. The highest BCUT2D eigenvalue weighted by atomic mass is 15.1. The van der Waals surface area contributed by atoms with E-state index in [0.29, 0.717) is 0 Å². The molecule has 0 N–H and O–H groups in total. The highest BCUT2D eigenvalue weighted by Crippen LogP contribution is 2.25. The highest BCUT2D eigenvalue weighted by Gasteiger charge is 2.20. The molecule has 136 valence electrons. The van der Waals surface area contributed by atoms with Gasteiger partial charge in [0, 0.05) is 12.6 Å². The molecule has 2 aliphatic rings. The van der Waals surface area contributed by atoms with Crippen LogP contribution in [-0.2, 0) is 6.54 Å². The summed E-state index contributed by atoms with van der Waals surface area (Å²) in [6, 6.07) is 7.35. The van der Waals surface area contributed by atoms with Gasteiger partial charge in [0.1, 0.15) is 0 Å². The minimum absolute atomic E-state index is 0.753. The summed E-state index contributed by atoms with van der Waals surface area (Å²) in [7, 11) is 0. The maximum atomic E-state index is 4.83. The van der Waals surface area contributed by atoms with Crippen molar-refractivity contribution >= 4 is 16.6 Å². The summed E-state index contributed by atoms with van der Waals surface area (Å²) in [5.74, 6) is 0. The molecule has 0 radical (unpaired) electrons. The van der Waals surface area contributed by atoms with Gasteiger partial charge < -0.3 is 0 Å². The molecule has 3 heteroatoms. The lowest BCUT2D eigenvalue weighted by Crippen LogP contribution is -2.36. The Hall–Kier alpha value is -2.00. The summed E-state index contributed by atoms with van der Waals surface area (Å²) < 4.78 is 0. The van der Waals surface area contributed by atoms with E-state index in [0.717, 1.165) is 48.7 Å². The molecule has 1 aromatic heterocycles. The molecule has 1 fully saturated rings. The maximum absolute atomic E-state index is 4.83. The SMILES string of the molecule is CCN(Cc1ccc2nc(C3=CCCC=C3)cnc2c1)C1CCCCC1. The Morgan fingerprint density at radius 3 is 2.73 bits per heavy atom. The third-order valence-electron chi connectivity index (χ3n) is 5.78. The van der Waals surface area contributed by atoms with Crippen molar-refractivity contribution in [3.63, 3.8) is 0 Å². The van der Waals surface area contributed by atoms with Crippen LogP contribution in [0.1, 0.15) is 63.1 Å². The van der Waals surface area contributed by atoms with Gasteiger partial charge in [0.2, 0.25) is 0 Å². The van der Waals surface area contributed by atoms with E-state index in [1.807, 2.05) is 6.20 Å². The highest BCUT2D eigenvalue weighted by molar-refractivity contribution is 5.79. The molecule has 0 aliphatic heterocycles. The number of nitrogens with zero attached hydrogens (tertiary/aromatic N) is 3. The molecule has 2 aliphatic carbocycles. The predicted octanol–water partition coefficient (Wildman–Crippen LogP) is 5.52. The number of hydrogen-bond donors (Lipinski definition) is 0. The zero-order valence-electron chi connectivity index (χ0n) is 15.8. The van der Waals surface area contributed by atoms with E-state index in [4.69, 9.17) is 9.97 Å². The van der Waals surface area contributed by atoms with E-state index in [1.54, 1.807) is 0 Å². The van der Waals surface area contributed by atoms with Crippen LogP contribution in [0.5, 0.6) is 0 Å². The Kier molecular flexibility index (Phi) is 5.45. The first-order chi connectivity index (χ1) is 12.8. The van der Waals surface area contributed by atoms with Gasteiger partial charge in [0.05, 0.1) is 22.9 Å². The van der Waals surface area contributed by atoms with Crippen molar-refractivity contribution in [2.45, 2.75) is 64.5 Å². The van der Waals surface area contributed by atoms with Crippen LogP contribution < -0.4 is 0 Å². The van der Waals surface area contributed by atoms with Crippen LogP contribution in [0.3, 0.4) is 0 Å². The van der Waals surface area contributed by atoms with Gasteiger partial charge >= 0.3 is 0 Å². The molecule has 1 saturated carbocycles. The molecular formula is C23H29N3. The lowest BCUT2D eigenvalue weighted by Gasteiger charge is -2.33. The molecule has 0 saturated heterocycles. The van der Waals surface area contributed by atoms with Crippen molar-refractivity contribution < 1.29 is 0 Å². The number of allylic oxidation sites excluding steroid dienone is 4. The summed E-state index contributed by atoms with van der Waals surface area (Å²) in [5.41, 5.74) is 5.53. The number of benzene rings is 1. The first-order valence-corrected chi connectivity index (χ1v) is 10.2. The number of fused-ring (bicyclic) bond motifs is 1. The Morgan fingerprint density at radius 1 is 1.08 bits per heavy atom. The van der Waals surface area contributed by atoms with Crippen molar-refractivity contribution in [2.24, 2.45) is 0 Å². The topological polar surface area (TPSA) is 29.0 Å². The minimum atomic E-state index is 0.753. The summed E-state index contributed by atoms with van der Waals surface area (Å²) >= 11 is 0. The molecule has 1 heterocycles. The summed E-state index contributed by atoms with van der Waals surface area (Å²) in [6.07, 6.45) is 17.7. The van der Waals surface area contributed by atoms with Gasteiger partial charge in [-0.05, 0) is 55.5 Å². The molecule has 0 atom stereocenters. The molecule has 2 aromatic rings. The van der Waals surface area contributed by atoms with Crippen molar-refractivity contribution in [3.8, 4) is 0 Å². The molecule has 4 rings (SSSR count). The van der Waals surface area contributed by atoms with E-state index in [2.05, 4.69) is 48.3 Å². The second-order valence-electron chi connectivity index (χ2n) is 7.57. The van der Waals surface area contributed by atoms with Crippen molar-refractivity contribution in [3.05, 3.63) is 53.9 Å². The Bertz CT molecular complexity index is 815. The van der Waals surface area contributed by atoms with Gasteiger partial charge in [0.15, 0.2) is 0 Å². The van der Waals surface area contributed by atoms with Crippen molar-refractivity contribution in [1.29, 1.82) is 0 Å². The zero-order chi connectivity index (χ0) is 17.8. The number of rotatable bonds is 5. The van der Waals surface area contributed by atoms with Crippen LogP contribution in [0.2, 0.25) is 0 Å². The van der Waals surface area contributed by atoms with E-state index < -0.39 is 0 Å². The van der Waals surface area contributed by atoms with Crippen LogP contribution in [0.25, 0.3) is 16.6 Å². The van der Waals surface area contributed by atoms with Gasteiger partial charge in [0.25, 0.3) is 0 Å². The van der Waals surface area contributed by atoms with Crippen LogP contribution in [0.15, 0.2) is 42.6 Å². The lowest BCUT2D eigenvalue weighted by molar-refractivity contribution is 0.156. The average Bonchev–Trinajstić information content (AvgIpc) is 2.73. The fourth-order valence-corrected chi connectivity index (χ4v) is 4.28.